The van der Waals surface area contributed by atoms with Gasteiger partial charge < -0.3 is 19.9 Å². The van der Waals surface area contributed by atoms with Gasteiger partial charge in [-0.25, -0.2) is 0 Å². The number of carbonyl (C=O) groups excluding carboxylic acids is 2. The van der Waals surface area contributed by atoms with Crippen LogP contribution in [0.5, 0.6) is 5.75 Å². The first-order valence-corrected chi connectivity index (χ1v) is 15.7. The summed E-state index contributed by atoms with van der Waals surface area (Å²) in [6.07, 6.45) is 1.82. The number of rotatable bonds is 14. The minimum absolute atomic E-state index is 0.0379. The monoisotopic (exact) mass is 630 g/mol. The fourth-order valence-electron chi connectivity index (χ4n) is 5.53. The number of ketones is 1. The molecule has 0 saturated carbocycles. The van der Waals surface area contributed by atoms with Gasteiger partial charge in [-0.05, 0) is 79.2 Å². The fraction of sp³-hybridized carbons (Fsp3) is 0.263. The van der Waals surface area contributed by atoms with Crippen LogP contribution in [0.25, 0.3) is 10.8 Å². The van der Waals surface area contributed by atoms with Crippen molar-refractivity contribution in [1.29, 1.82) is 0 Å². The number of Topliss-reactive ketones (excluding diaryl/α,β-unsaturated/α-hetero) is 1. The SMILES string of the molecule is COc1cc(NC(=O)CN(C)c2ccc3cc(C(C)=O)ccc3c2)ccc1N(C)CCN(Cc1ccccn1)Cc1cccc(C)n1. The van der Waals surface area contributed by atoms with Gasteiger partial charge in [-0.15, -0.1) is 0 Å². The maximum atomic E-state index is 13.0. The summed E-state index contributed by atoms with van der Waals surface area (Å²) in [4.78, 5) is 40.4. The summed E-state index contributed by atoms with van der Waals surface area (Å²) in [6, 6.07) is 29.4. The smallest absolute Gasteiger partial charge is 0.243 e. The fourth-order valence-corrected chi connectivity index (χ4v) is 5.53. The van der Waals surface area contributed by atoms with Gasteiger partial charge in [0, 0.05) is 75.2 Å². The van der Waals surface area contributed by atoms with Crippen LogP contribution < -0.4 is 19.9 Å². The van der Waals surface area contributed by atoms with Crippen molar-refractivity contribution in [3.8, 4) is 5.75 Å². The molecule has 1 N–H and O–H groups in total. The first-order chi connectivity index (χ1) is 22.7. The molecule has 242 valence electrons. The zero-order valence-electron chi connectivity index (χ0n) is 27.7. The van der Waals surface area contributed by atoms with Crippen molar-refractivity contribution in [3.05, 3.63) is 120 Å². The van der Waals surface area contributed by atoms with Gasteiger partial charge in [0.1, 0.15) is 5.75 Å². The zero-order valence-corrected chi connectivity index (χ0v) is 27.7. The molecule has 0 fully saturated rings. The number of amides is 1. The second kappa shape index (κ2) is 15.3. The third-order valence-corrected chi connectivity index (χ3v) is 8.12. The Balaban J connectivity index is 1.21. The van der Waals surface area contributed by atoms with Gasteiger partial charge in [0.05, 0.1) is 30.7 Å². The van der Waals surface area contributed by atoms with E-state index in [0.717, 1.165) is 52.3 Å². The summed E-state index contributed by atoms with van der Waals surface area (Å²) >= 11 is 0. The predicted molar refractivity (Wildman–Crippen MR) is 189 cm³/mol. The summed E-state index contributed by atoms with van der Waals surface area (Å²) in [5.41, 5.74) is 6.22. The Morgan fingerprint density at radius 1 is 0.809 bits per heavy atom. The Kier molecular flexibility index (Phi) is 10.8. The third kappa shape index (κ3) is 8.92. The number of hydrogen-bond donors (Lipinski definition) is 1. The van der Waals surface area contributed by atoms with Gasteiger partial charge in [0.25, 0.3) is 0 Å². The van der Waals surface area contributed by atoms with Crippen LogP contribution >= 0.6 is 0 Å². The number of carbonyl (C=O) groups is 2. The molecule has 3 aromatic carbocycles. The summed E-state index contributed by atoms with van der Waals surface area (Å²) in [6.45, 7) is 6.69. The maximum absolute atomic E-state index is 13.0. The van der Waals surface area contributed by atoms with Crippen LogP contribution in [-0.2, 0) is 17.9 Å². The van der Waals surface area contributed by atoms with Crippen molar-refractivity contribution in [2.24, 2.45) is 0 Å². The van der Waals surface area contributed by atoms with Gasteiger partial charge >= 0.3 is 0 Å². The van der Waals surface area contributed by atoms with E-state index in [9.17, 15) is 9.59 Å². The molecule has 9 heteroatoms. The number of aryl methyl sites for hydroxylation is 1. The first kappa shape index (κ1) is 33.1. The average molecular weight is 631 g/mol. The molecule has 0 unspecified atom stereocenters. The Morgan fingerprint density at radius 3 is 2.32 bits per heavy atom. The van der Waals surface area contributed by atoms with Crippen molar-refractivity contribution in [3.63, 3.8) is 0 Å². The number of nitrogens with one attached hydrogen (secondary N) is 1. The Morgan fingerprint density at radius 2 is 1.57 bits per heavy atom. The topological polar surface area (TPSA) is 90.9 Å². The van der Waals surface area contributed by atoms with Crippen molar-refractivity contribution < 1.29 is 14.3 Å². The van der Waals surface area contributed by atoms with Crippen molar-refractivity contribution >= 4 is 39.5 Å². The molecule has 0 aliphatic heterocycles. The number of likely N-dealkylation sites (N-methyl/N-ethyl adjacent to an activating group) is 2. The first-order valence-electron chi connectivity index (χ1n) is 15.7. The molecule has 0 spiro atoms. The van der Waals surface area contributed by atoms with Crippen LogP contribution in [0, 0.1) is 6.92 Å². The number of pyridine rings is 2. The molecular formula is C38H42N6O3. The number of aromatic nitrogens is 2. The average Bonchev–Trinajstić information content (AvgIpc) is 3.06. The van der Waals surface area contributed by atoms with E-state index >= 15 is 0 Å². The van der Waals surface area contributed by atoms with Gasteiger partial charge in [0.2, 0.25) is 5.91 Å². The number of nitrogens with zero attached hydrogens (tertiary/aromatic N) is 5. The predicted octanol–water partition coefficient (Wildman–Crippen LogP) is 6.36. The van der Waals surface area contributed by atoms with E-state index in [1.165, 1.54) is 0 Å². The molecular weight excluding hydrogens is 588 g/mol. The van der Waals surface area contributed by atoms with Gasteiger partial charge in [-0.2, -0.15) is 0 Å². The van der Waals surface area contributed by atoms with E-state index in [4.69, 9.17) is 9.72 Å². The lowest BCUT2D eigenvalue weighted by atomic mass is 10.0. The highest BCUT2D eigenvalue weighted by atomic mass is 16.5. The van der Waals surface area contributed by atoms with E-state index in [2.05, 4.69) is 26.2 Å². The minimum atomic E-state index is -0.141. The zero-order chi connectivity index (χ0) is 33.3. The number of methoxy groups -OCH3 is 1. The minimum Gasteiger partial charge on any atom is -0.495 e. The molecule has 0 aliphatic carbocycles. The molecule has 0 atom stereocenters. The lowest BCUT2D eigenvalue weighted by Gasteiger charge is -2.27. The van der Waals surface area contributed by atoms with E-state index in [0.29, 0.717) is 30.1 Å². The number of fused-ring (bicyclic) bond motifs is 1. The van der Waals surface area contributed by atoms with Crippen LogP contribution in [0.3, 0.4) is 0 Å². The Bertz CT molecular complexity index is 1840. The Hall–Kier alpha value is -5.28. The third-order valence-electron chi connectivity index (χ3n) is 8.12. The van der Waals surface area contributed by atoms with Crippen LogP contribution in [0.15, 0.2) is 97.2 Å². The van der Waals surface area contributed by atoms with E-state index < -0.39 is 0 Å². The number of benzene rings is 3. The molecule has 2 aromatic heterocycles. The maximum Gasteiger partial charge on any atom is 0.243 e. The van der Waals surface area contributed by atoms with Crippen molar-refractivity contribution in [1.82, 2.24) is 14.9 Å². The second-order valence-corrected chi connectivity index (χ2v) is 11.8. The largest absolute Gasteiger partial charge is 0.495 e. The van der Waals surface area contributed by atoms with Crippen LogP contribution in [-0.4, -0.2) is 67.4 Å². The molecule has 9 nitrogen and oxygen atoms in total. The molecule has 0 radical (unpaired) electrons. The quantitative estimate of drug-likeness (QED) is 0.142. The van der Waals surface area contributed by atoms with Gasteiger partial charge in [-0.1, -0.05) is 30.3 Å². The molecule has 0 bridgehead atoms. The normalized spacial score (nSPS) is 11.0. The van der Waals surface area contributed by atoms with Gasteiger partial charge in [0.15, 0.2) is 5.78 Å². The summed E-state index contributed by atoms with van der Waals surface area (Å²) in [5.74, 6) is 0.573. The molecule has 2 heterocycles. The lowest BCUT2D eigenvalue weighted by molar-refractivity contribution is -0.114. The van der Waals surface area contributed by atoms with Crippen LogP contribution in [0.1, 0.15) is 34.4 Å². The summed E-state index contributed by atoms with van der Waals surface area (Å²) in [7, 11) is 5.57. The molecule has 5 rings (SSSR count). The number of ether oxygens (including phenoxy) is 1. The highest BCUT2D eigenvalue weighted by molar-refractivity contribution is 5.99. The van der Waals surface area contributed by atoms with Crippen LogP contribution in [0.4, 0.5) is 17.1 Å². The van der Waals surface area contributed by atoms with E-state index in [1.807, 2.05) is 117 Å². The molecule has 5 aromatic rings. The lowest BCUT2D eigenvalue weighted by Crippen LogP contribution is -2.33. The second-order valence-electron chi connectivity index (χ2n) is 11.8. The van der Waals surface area contributed by atoms with Crippen LogP contribution in [0.2, 0.25) is 0 Å². The molecule has 0 aliphatic rings. The van der Waals surface area contributed by atoms with E-state index in [1.54, 1.807) is 14.0 Å². The van der Waals surface area contributed by atoms with Gasteiger partial charge in [-0.3, -0.25) is 24.5 Å². The summed E-state index contributed by atoms with van der Waals surface area (Å²) < 4.78 is 5.76. The molecule has 0 saturated heterocycles. The molecule has 47 heavy (non-hydrogen) atoms. The molecule has 1 amide bonds. The standard InChI is InChI=1S/C38H42N6O3/c1-27-9-8-11-34(40-27)25-44(24-33-10-6-7-18-39-33)20-19-42(3)36-17-15-32(23-37(36)47-5)41-38(46)26-43(4)35-16-14-30-21-29(28(2)45)12-13-31(30)22-35/h6-18,21-23H,19-20,24-26H2,1-5H3,(H,41,46). The number of hydrogen-bond acceptors (Lipinski definition) is 8. The van der Waals surface area contributed by atoms with E-state index in [-0.39, 0.29) is 18.2 Å². The highest BCUT2D eigenvalue weighted by Crippen LogP contribution is 2.31. The Labute approximate surface area is 276 Å². The van der Waals surface area contributed by atoms with Crippen molar-refractivity contribution in [2.45, 2.75) is 26.9 Å². The summed E-state index contributed by atoms with van der Waals surface area (Å²) in [5, 5.41) is 5.01. The number of anilines is 3. The van der Waals surface area contributed by atoms with Crippen molar-refractivity contribution in [2.75, 3.05) is 56.0 Å². The highest BCUT2D eigenvalue weighted by Gasteiger charge is 2.15.